The van der Waals surface area contributed by atoms with Crippen LogP contribution in [0, 0.1) is 12.7 Å². The predicted octanol–water partition coefficient (Wildman–Crippen LogP) is 4.28. The van der Waals surface area contributed by atoms with Gasteiger partial charge in [-0.1, -0.05) is 42.8 Å². The lowest BCUT2D eigenvalue weighted by molar-refractivity contribution is -0.140. The molecular formula is C29H34FN3O5S. The predicted molar refractivity (Wildman–Crippen MR) is 148 cm³/mol. The molecule has 2 amide bonds. The Kier molecular flexibility index (Phi) is 10.1. The zero-order valence-electron chi connectivity index (χ0n) is 22.6. The van der Waals surface area contributed by atoms with Crippen molar-refractivity contribution in [3.63, 3.8) is 0 Å². The van der Waals surface area contributed by atoms with Crippen molar-refractivity contribution in [1.29, 1.82) is 0 Å². The number of hydrogen-bond donors (Lipinski definition) is 1. The smallest absolute Gasteiger partial charge is 0.264 e. The van der Waals surface area contributed by atoms with E-state index >= 15 is 0 Å². The van der Waals surface area contributed by atoms with Crippen LogP contribution < -0.4 is 14.4 Å². The van der Waals surface area contributed by atoms with Crippen LogP contribution in [0.15, 0.2) is 77.7 Å². The summed E-state index contributed by atoms with van der Waals surface area (Å²) in [4.78, 5) is 28.2. The lowest BCUT2D eigenvalue weighted by Crippen LogP contribution is -2.52. The van der Waals surface area contributed by atoms with Crippen LogP contribution >= 0.6 is 0 Å². The molecule has 0 aliphatic carbocycles. The van der Waals surface area contributed by atoms with E-state index in [-0.39, 0.29) is 23.0 Å². The maximum Gasteiger partial charge on any atom is 0.264 e. The van der Waals surface area contributed by atoms with Gasteiger partial charge in [0.15, 0.2) is 0 Å². The number of carbonyl (C=O) groups excluding carboxylic acids is 2. The van der Waals surface area contributed by atoms with E-state index in [9.17, 15) is 22.4 Å². The number of hydrogen-bond acceptors (Lipinski definition) is 5. The Morgan fingerprint density at radius 1 is 1.00 bits per heavy atom. The minimum Gasteiger partial charge on any atom is -0.497 e. The van der Waals surface area contributed by atoms with Crippen molar-refractivity contribution in [2.24, 2.45) is 0 Å². The number of rotatable bonds is 12. The van der Waals surface area contributed by atoms with Crippen LogP contribution in [-0.4, -0.2) is 51.4 Å². The molecular weight excluding hydrogens is 521 g/mol. The van der Waals surface area contributed by atoms with Gasteiger partial charge in [-0.2, -0.15) is 0 Å². The van der Waals surface area contributed by atoms with Crippen LogP contribution in [0.1, 0.15) is 31.4 Å². The molecule has 0 saturated carbocycles. The van der Waals surface area contributed by atoms with Crippen LogP contribution in [-0.2, 0) is 26.2 Å². The molecule has 10 heteroatoms. The molecule has 0 heterocycles. The molecule has 0 aromatic heterocycles. The molecule has 0 unspecified atom stereocenters. The number of likely N-dealkylation sites (N-methyl/N-ethyl adjacent to an activating group) is 1. The summed E-state index contributed by atoms with van der Waals surface area (Å²) in [5, 5.41) is 2.75. The molecule has 1 atom stereocenters. The third-order valence-electron chi connectivity index (χ3n) is 6.23. The molecule has 1 N–H and O–H groups in total. The summed E-state index contributed by atoms with van der Waals surface area (Å²) >= 11 is 0. The Balaban J connectivity index is 2.07. The number of nitrogens with zero attached hydrogens (tertiary/aromatic N) is 2. The molecule has 3 aromatic rings. The van der Waals surface area contributed by atoms with Gasteiger partial charge in [-0.05, 0) is 62.2 Å². The molecule has 0 aliphatic rings. The number of carbonyl (C=O) groups is 2. The molecule has 39 heavy (non-hydrogen) atoms. The first-order chi connectivity index (χ1) is 18.6. The van der Waals surface area contributed by atoms with Crippen LogP contribution in [0.2, 0.25) is 0 Å². The molecule has 3 aromatic carbocycles. The third kappa shape index (κ3) is 7.35. The van der Waals surface area contributed by atoms with Gasteiger partial charge in [-0.3, -0.25) is 13.9 Å². The van der Waals surface area contributed by atoms with E-state index in [2.05, 4.69) is 5.32 Å². The van der Waals surface area contributed by atoms with E-state index in [4.69, 9.17) is 4.74 Å². The number of anilines is 1. The van der Waals surface area contributed by atoms with Gasteiger partial charge < -0.3 is 15.0 Å². The van der Waals surface area contributed by atoms with Gasteiger partial charge >= 0.3 is 0 Å². The fourth-order valence-electron chi connectivity index (χ4n) is 4.13. The second-order valence-electron chi connectivity index (χ2n) is 8.99. The summed E-state index contributed by atoms with van der Waals surface area (Å²) in [5.74, 6) is -0.956. The van der Waals surface area contributed by atoms with Gasteiger partial charge in [-0.15, -0.1) is 0 Å². The molecule has 3 rings (SSSR count). The zero-order valence-corrected chi connectivity index (χ0v) is 23.4. The Morgan fingerprint density at radius 3 is 2.26 bits per heavy atom. The van der Waals surface area contributed by atoms with Crippen molar-refractivity contribution in [3.8, 4) is 5.75 Å². The van der Waals surface area contributed by atoms with Crippen molar-refractivity contribution in [2.45, 2.75) is 44.7 Å². The van der Waals surface area contributed by atoms with E-state index < -0.39 is 34.3 Å². The molecule has 0 aliphatic heterocycles. The van der Waals surface area contributed by atoms with Gasteiger partial charge in [0.25, 0.3) is 10.0 Å². The highest BCUT2D eigenvalue weighted by Crippen LogP contribution is 2.28. The van der Waals surface area contributed by atoms with E-state index in [1.165, 1.54) is 54.5 Å². The van der Waals surface area contributed by atoms with Crippen molar-refractivity contribution in [1.82, 2.24) is 10.2 Å². The lowest BCUT2D eigenvalue weighted by atomic mass is 10.1. The van der Waals surface area contributed by atoms with Crippen LogP contribution in [0.4, 0.5) is 10.1 Å². The van der Waals surface area contributed by atoms with Crippen LogP contribution in [0.25, 0.3) is 0 Å². The van der Waals surface area contributed by atoms with Gasteiger partial charge in [0, 0.05) is 19.2 Å². The second kappa shape index (κ2) is 13.2. The number of ether oxygens (including phenoxy) is 1. The zero-order chi connectivity index (χ0) is 28.6. The average Bonchev–Trinajstić information content (AvgIpc) is 2.92. The minimum absolute atomic E-state index is 0.00865. The van der Waals surface area contributed by atoms with Gasteiger partial charge in [-0.25, -0.2) is 12.8 Å². The first kappa shape index (κ1) is 29.6. The molecule has 0 fully saturated rings. The highest BCUT2D eigenvalue weighted by molar-refractivity contribution is 7.92. The second-order valence-corrected chi connectivity index (χ2v) is 10.9. The highest BCUT2D eigenvalue weighted by atomic mass is 32.2. The number of nitrogens with one attached hydrogen (secondary N) is 1. The summed E-state index contributed by atoms with van der Waals surface area (Å²) in [7, 11) is -2.72. The summed E-state index contributed by atoms with van der Waals surface area (Å²) in [5.41, 5.74) is 1.72. The van der Waals surface area contributed by atoms with Gasteiger partial charge in [0.1, 0.15) is 24.2 Å². The monoisotopic (exact) mass is 555 g/mol. The standard InChI is InChI=1S/C29H34FN3O5S/c1-5-27(29(35)31-6-2)32(19-22-12-14-23(30)15-13-22)28(34)20-33(24-8-7-9-25(18-24)38-4)39(36,37)26-16-10-21(3)11-17-26/h7-18,27H,5-6,19-20H2,1-4H3,(H,31,35)/t27-/m0/s1. The molecule has 0 bridgehead atoms. The fourth-order valence-corrected chi connectivity index (χ4v) is 5.54. The largest absolute Gasteiger partial charge is 0.497 e. The number of halogens is 1. The number of benzene rings is 3. The molecule has 0 radical (unpaired) electrons. The van der Waals surface area contributed by atoms with Crippen molar-refractivity contribution in [2.75, 3.05) is 24.5 Å². The van der Waals surface area contributed by atoms with E-state index in [0.717, 1.165) is 9.87 Å². The maximum atomic E-state index is 13.9. The fraction of sp³-hybridized carbons (Fsp3) is 0.310. The Bertz CT molecular complexity index is 1380. The number of aryl methyl sites for hydroxylation is 1. The minimum atomic E-state index is -4.19. The summed E-state index contributed by atoms with van der Waals surface area (Å²) in [6.07, 6.45) is 0.294. The number of sulfonamides is 1. The summed E-state index contributed by atoms with van der Waals surface area (Å²) < 4.78 is 47.6. The normalized spacial score (nSPS) is 11.9. The van der Waals surface area contributed by atoms with Crippen LogP contribution in [0.3, 0.4) is 0 Å². The Hall–Kier alpha value is -3.92. The third-order valence-corrected chi connectivity index (χ3v) is 8.02. The SMILES string of the molecule is CCNC(=O)[C@H](CC)N(Cc1ccc(F)cc1)C(=O)CN(c1cccc(OC)c1)S(=O)(=O)c1ccc(C)cc1. The van der Waals surface area contributed by atoms with Crippen molar-refractivity contribution < 1.29 is 27.1 Å². The number of methoxy groups -OCH3 is 1. The summed E-state index contributed by atoms with van der Waals surface area (Å²) in [6.45, 7) is 5.18. The Morgan fingerprint density at radius 2 is 1.67 bits per heavy atom. The van der Waals surface area contributed by atoms with Crippen LogP contribution in [0.5, 0.6) is 5.75 Å². The average molecular weight is 556 g/mol. The highest BCUT2D eigenvalue weighted by Gasteiger charge is 2.33. The number of amides is 2. The maximum absolute atomic E-state index is 13.9. The lowest BCUT2D eigenvalue weighted by Gasteiger charge is -2.33. The van der Waals surface area contributed by atoms with E-state index in [0.29, 0.717) is 24.3 Å². The molecule has 0 spiro atoms. The first-order valence-electron chi connectivity index (χ1n) is 12.7. The Labute approximate surface area is 229 Å². The molecule has 8 nitrogen and oxygen atoms in total. The quantitative estimate of drug-likeness (QED) is 0.360. The molecule has 208 valence electrons. The van der Waals surface area contributed by atoms with E-state index in [1.807, 2.05) is 6.92 Å². The van der Waals surface area contributed by atoms with Crippen molar-refractivity contribution in [3.05, 3.63) is 89.7 Å². The van der Waals surface area contributed by atoms with Crippen molar-refractivity contribution >= 4 is 27.5 Å². The van der Waals surface area contributed by atoms with E-state index in [1.54, 1.807) is 44.2 Å². The topological polar surface area (TPSA) is 96.0 Å². The summed E-state index contributed by atoms with van der Waals surface area (Å²) in [6, 6.07) is 17.5. The first-order valence-corrected chi connectivity index (χ1v) is 14.1. The van der Waals surface area contributed by atoms with Gasteiger partial charge in [0.05, 0.1) is 17.7 Å². The van der Waals surface area contributed by atoms with Gasteiger partial charge in [0.2, 0.25) is 11.8 Å². The molecule has 0 saturated heterocycles.